The van der Waals surface area contributed by atoms with Crippen molar-refractivity contribution in [1.29, 1.82) is 5.26 Å². The summed E-state index contributed by atoms with van der Waals surface area (Å²) in [5, 5.41) is 10.1. The quantitative estimate of drug-likeness (QED) is 0.851. The predicted molar refractivity (Wildman–Crippen MR) is 51.9 cm³/mol. The van der Waals surface area contributed by atoms with Gasteiger partial charge in [-0.2, -0.15) is 18.4 Å². The van der Waals surface area contributed by atoms with E-state index < -0.39 is 11.7 Å². The van der Waals surface area contributed by atoms with Crippen LogP contribution in [0, 0.1) is 11.3 Å². The highest BCUT2D eigenvalue weighted by Gasteiger charge is 2.50. The van der Waals surface area contributed by atoms with Crippen molar-refractivity contribution < 1.29 is 13.2 Å². The first kappa shape index (κ1) is 11.8. The lowest BCUT2D eigenvalue weighted by Gasteiger charge is -2.20. The van der Waals surface area contributed by atoms with E-state index in [-0.39, 0.29) is 0 Å². The first-order valence-electron chi connectivity index (χ1n) is 3.89. The zero-order valence-corrected chi connectivity index (χ0v) is 8.27. The van der Waals surface area contributed by atoms with Crippen molar-refractivity contribution in [3.8, 4) is 6.07 Å². The molecule has 15 heavy (non-hydrogen) atoms. The molecular formula is C9H7F3N2S. The SMILES string of the molecule is N#CC(N)(/C=C/c1cccs1)C(F)(F)F. The Morgan fingerprint density at radius 2 is 2.13 bits per heavy atom. The fraction of sp³-hybridized carbons (Fsp3) is 0.222. The van der Waals surface area contributed by atoms with Crippen LogP contribution in [0.2, 0.25) is 0 Å². The van der Waals surface area contributed by atoms with E-state index in [2.05, 4.69) is 0 Å². The van der Waals surface area contributed by atoms with Crippen molar-refractivity contribution in [3.05, 3.63) is 28.5 Å². The molecule has 0 saturated carbocycles. The lowest BCUT2D eigenvalue weighted by atomic mass is 10.0. The van der Waals surface area contributed by atoms with Gasteiger partial charge in [-0.15, -0.1) is 11.3 Å². The number of thiophene rings is 1. The van der Waals surface area contributed by atoms with E-state index in [0.717, 1.165) is 6.07 Å². The lowest BCUT2D eigenvalue weighted by Crippen LogP contribution is -2.50. The van der Waals surface area contributed by atoms with Crippen LogP contribution in [0.5, 0.6) is 0 Å². The Hall–Kier alpha value is -1.32. The predicted octanol–water partition coefficient (Wildman–Crippen LogP) is 2.54. The molecule has 0 fully saturated rings. The summed E-state index contributed by atoms with van der Waals surface area (Å²) in [6.45, 7) is 0. The number of alkyl halides is 3. The molecule has 0 aliphatic heterocycles. The van der Waals surface area contributed by atoms with Crippen LogP contribution in [0.1, 0.15) is 4.88 Å². The van der Waals surface area contributed by atoms with E-state index in [1.165, 1.54) is 17.4 Å². The third kappa shape index (κ3) is 2.58. The zero-order chi connectivity index (χ0) is 11.5. The standard InChI is InChI=1S/C9H7F3N2S/c10-9(11,12)8(14,6-13)4-3-7-2-1-5-15-7/h1-5H,14H2/b4-3+. The van der Waals surface area contributed by atoms with Crippen LogP contribution in [0.4, 0.5) is 13.2 Å². The maximum atomic E-state index is 12.3. The molecule has 1 rings (SSSR count). The van der Waals surface area contributed by atoms with E-state index in [0.29, 0.717) is 11.0 Å². The lowest BCUT2D eigenvalue weighted by molar-refractivity contribution is -0.156. The number of halogens is 3. The van der Waals surface area contributed by atoms with Crippen molar-refractivity contribution >= 4 is 17.4 Å². The number of rotatable bonds is 2. The average molecular weight is 232 g/mol. The Morgan fingerprint density at radius 1 is 1.47 bits per heavy atom. The van der Waals surface area contributed by atoms with Crippen LogP contribution in [-0.2, 0) is 0 Å². The molecule has 1 aromatic rings. The number of hydrogen-bond acceptors (Lipinski definition) is 3. The van der Waals surface area contributed by atoms with E-state index in [1.807, 2.05) is 0 Å². The van der Waals surface area contributed by atoms with Gasteiger partial charge in [0.25, 0.3) is 0 Å². The molecule has 0 aliphatic carbocycles. The third-order valence-electron chi connectivity index (χ3n) is 1.71. The Balaban J connectivity index is 2.93. The van der Waals surface area contributed by atoms with Gasteiger partial charge in [0.2, 0.25) is 5.54 Å². The second-order valence-corrected chi connectivity index (χ2v) is 3.81. The molecule has 1 unspecified atom stereocenters. The molecule has 0 saturated heterocycles. The van der Waals surface area contributed by atoms with Gasteiger partial charge in [-0.3, -0.25) is 0 Å². The van der Waals surface area contributed by atoms with Crippen molar-refractivity contribution in [2.75, 3.05) is 0 Å². The summed E-state index contributed by atoms with van der Waals surface area (Å²) < 4.78 is 37.0. The molecular weight excluding hydrogens is 225 g/mol. The molecule has 2 N–H and O–H groups in total. The molecule has 80 valence electrons. The fourth-order valence-corrected chi connectivity index (χ4v) is 1.41. The van der Waals surface area contributed by atoms with Gasteiger partial charge in [0.1, 0.15) is 0 Å². The minimum Gasteiger partial charge on any atom is -0.302 e. The molecule has 0 aliphatic rings. The van der Waals surface area contributed by atoms with Crippen molar-refractivity contribution in [1.82, 2.24) is 0 Å². The van der Waals surface area contributed by atoms with Crippen LogP contribution < -0.4 is 5.73 Å². The van der Waals surface area contributed by atoms with Crippen LogP contribution in [0.15, 0.2) is 23.6 Å². The molecule has 0 amide bonds. The summed E-state index contributed by atoms with van der Waals surface area (Å²) in [7, 11) is 0. The summed E-state index contributed by atoms with van der Waals surface area (Å²) in [6, 6.07) is 4.38. The summed E-state index contributed by atoms with van der Waals surface area (Å²) in [4.78, 5) is 0.615. The summed E-state index contributed by atoms with van der Waals surface area (Å²) in [5.41, 5.74) is 2.00. The van der Waals surface area contributed by atoms with Crippen LogP contribution in [0.3, 0.4) is 0 Å². The van der Waals surface area contributed by atoms with E-state index in [9.17, 15) is 13.2 Å². The van der Waals surface area contributed by atoms with Gasteiger partial charge in [0.05, 0.1) is 6.07 Å². The maximum absolute atomic E-state index is 12.3. The van der Waals surface area contributed by atoms with Crippen molar-refractivity contribution in [3.63, 3.8) is 0 Å². The minimum atomic E-state index is -4.77. The molecule has 0 aromatic carbocycles. The summed E-state index contributed by atoms with van der Waals surface area (Å²) in [5.74, 6) is 0. The Labute approximate surface area is 88.4 Å². The monoisotopic (exact) mass is 232 g/mol. The minimum absolute atomic E-state index is 0.615. The Bertz CT molecular complexity index is 388. The first-order valence-corrected chi connectivity index (χ1v) is 4.76. The second kappa shape index (κ2) is 4.04. The smallest absolute Gasteiger partial charge is 0.302 e. The van der Waals surface area contributed by atoms with E-state index in [4.69, 9.17) is 11.0 Å². The molecule has 6 heteroatoms. The molecule has 1 aromatic heterocycles. The largest absolute Gasteiger partial charge is 0.423 e. The normalized spacial score (nSPS) is 16.2. The van der Waals surface area contributed by atoms with Crippen molar-refractivity contribution in [2.24, 2.45) is 5.73 Å². The zero-order valence-electron chi connectivity index (χ0n) is 7.45. The molecule has 1 heterocycles. The molecule has 0 radical (unpaired) electrons. The van der Waals surface area contributed by atoms with Crippen LogP contribution in [-0.4, -0.2) is 11.7 Å². The highest BCUT2D eigenvalue weighted by molar-refractivity contribution is 7.10. The third-order valence-corrected chi connectivity index (χ3v) is 2.55. The second-order valence-electron chi connectivity index (χ2n) is 2.83. The molecule has 0 spiro atoms. The molecule has 2 nitrogen and oxygen atoms in total. The van der Waals surface area contributed by atoms with Gasteiger partial charge >= 0.3 is 6.18 Å². The average Bonchev–Trinajstić information content (AvgIpc) is 2.64. The summed E-state index contributed by atoms with van der Waals surface area (Å²) >= 11 is 1.27. The molecule has 1 atom stereocenters. The highest BCUT2D eigenvalue weighted by Crippen LogP contribution is 2.29. The number of nitrogens with zero attached hydrogens (tertiary/aromatic N) is 1. The summed E-state index contributed by atoms with van der Waals surface area (Å²) in [6.07, 6.45) is -2.91. The number of hydrogen-bond donors (Lipinski definition) is 1. The topological polar surface area (TPSA) is 49.8 Å². The van der Waals surface area contributed by atoms with Crippen molar-refractivity contribution in [2.45, 2.75) is 11.7 Å². The number of nitriles is 1. The van der Waals surface area contributed by atoms with Crippen LogP contribution >= 0.6 is 11.3 Å². The molecule has 0 bridgehead atoms. The van der Waals surface area contributed by atoms with E-state index in [1.54, 1.807) is 17.5 Å². The van der Waals surface area contributed by atoms with Gasteiger partial charge < -0.3 is 5.73 Å². The van der Waals surface area contributed by atoms with Crippen LogP contribution in [0.25, 0.3) is 6.08 Å². The number of nitrogens with two attached hydrogens (primary N) is 1. The highest BCUT2D eigenvalue weighted by atomic mass is 32.1. The Morgan fingerprint density at radius 3 is 2.53 bits per heavy atom. The fourth-order valence-electron chi connectivity index (χ4n) is 0.795. The van der Waals surface area contributed by atoms with Gasteiger partial charge in [0, 0.05) is 4.88 Å². The van der Waals surface area contributed by atoms with Gasteiger partial charge in [-0.25, -0.2) is 0 Å². The van der Waals surface area contributed by atoms with Gasteiger partial charge in [0.15, 0.2) is 0 Å². The van der Waals surface area contributed by atoms with E-state index >= 15 is 0 Å². The van der Waals surface area contributed by atoms with Gasteiger partial charge in [-0.05, 0) is 23.6 Å². The van der Waals surface area contributed by atoms with Gasteiger partial charge in [-0.1, -0.05) is 6.07 Å². The maximum Gasteiger partial charge on any atom is 0.423 e. The first-order chi connectivity index (χ1) is 6.89. The Kier molecular flexibility index (Phi) is 3.17.